The highest BCUT2D eigenvalue weighted by atomic mass is 28.4. The SMILES string of the molecule is C=C1C(=O)C[C@@H](O[Si](C)(C)C(C)(C)C)[C@@H]1C#C[C@@H](CC(O[SiH](C)C)c1ccccc1)C(C)(C)C. The Bertz CT molecular complexity index is 911. The highest BCUT2D eigenvalue weighted by Crippen LogP contribution is 2.41. The lowest BCUT2D eigenvalue weighted by Crippen LogP contribution is -2.44. The summed E-state index contributed by atoms with van der Waals surface area (Å²) in [7, 11) is -3.27. The molecule has 2 rings (SSSR count). The lowest BCUT2D eigenvalue weighted by Gasteiger charge is -2.39. The van der Waals surface area contributed by atoms with E-state index < -0.39 is 17.4 Å². The van der Waals surface area contributed by atoms with Crippen LogP contribution >= 0.6 is 0 Å². The Kier molecular flexibility index (Phi) is 9.38. The van der Waals surface area contributed by atoms with Gasteiger partial charge in [0, 0.05) is 17.9 Å². The van der Waals surface area contributed by atoms with Gasteiger partial charge in [0.25, 0.3) is 0 Å². The number of hydrogen-bond donors (Lipinski definition) is 0. The van der Waals surface area contributed by atoms with Crippen molar-refractivity contribution < 1.29 is 13.6 Å². The minimum absolute atomic E-state index is 0.0261. The summed E-state index contributed by atoms with van der Waals surface area (Å²) in [5.74, 6) is 7.04. The Morgan fingerprint density at radius 3 is 2.21 bits per heavy atom. The van der Waals surface area contributed by atoms with Crippen LogP contribution in [0.3, 0.4) is 0 Å². The Morgan fingerprint density at radius 1 is 1.12 bits per heavy atom. The third-order valence-corrected chi connectivity index (χ3v) is 12.6. The molecular weight excluding hydrogens is 452 g/mol. The Hall–Kier alpha value is -1.46. The second-order valence-corrected chi connectivity index (χ2v) is 19.7. The van der Waals surface area contributed by atoms with Gasteiger partial charge in [-0.2, -0.15) is 0 Å². The van der Waals surface area contributed by atoms with Gasteiger partial charge in [-0.25, -0.2) is 0 Å². The molecule has 0 spiro atoms. The Balaban J connectivity index is 2.35. The topological polar surface area (TPSA) is 35.5 Å². The summed E-state index contributed by atoms with van der Waals surface area (Å²) in [6, 6.07) is 10.5. The van der Waals surface area contributed by atoms with Crippen molar-refractivity contribution in [3.05, 3.63) is 48.0 Å². The molecule has 1 aliphatic rings. The molecule has 1 unspecified atom stereocenters. The first-order valence-electron chi connectivity index (χ1n) is 12.6. The molecule has 3 nitrogen and oxygen atoms in total. The van der Waals surface area contributed by atoms with Gasteiger partial charge < -0.3 is 8.85 Å². The monoisotopic (exact) mass is 498 g/mol. The summed E-state index contributed by atoms with van der Waals surface area (Å²) >= 11 is 0. The number of rotatable bonds is 7. The molecule has 0 saturated heterocycles. The molecule has 4 atom stereocenters. The molecule has 0 heterocycles. The molecule has 0 N–H and O–H groups in total. The highest BCUT2D eigenvalue weighted by Gasteiger charge is 2.45. The van der Waals surface area contributed by atoms with Crippen LogP contribution in [-0.4, -0.2) is 29.2 Å². The van der Waals surface area contributed by atoms with Gasteiger partial charge in [-0.1, -0.05) is 90.3 Å². The maximum atomic E-state index is 12.6. The number of Topliss-reactive ketones (excluding diaryl/α,β-unsaturated/α-hetero) is 1. The van der Waals surface area contributed by atoms with Crippen LogP contribution in [0, 0.1) is 29.1 Å². The van der Waals surface area contributed by atoms with Crippen LogP contribution in [0.5, 0.6) is 0 Å². The minimum Gasteiger partial charge on any atom is -0.414 e. The molecular formula is C29H46O3Si2. The predicted molar refractivity (Wildman–Crippen MR) is 149 cm³/mol. The molecule has 1 aromatic carbocycles. The number of benzene rings is 1. The normalized spacial score (nSPS) is 21.4. The molecule has 5 heteroatoms. The first kappa shape index (κ1) is 28.8. The summed E-state index contributed by atoms with van der Waals surface area (Å²) < 4.78 is 13.1. The van der Waals surface area contributed by atoms with Gasteiger partial charge in [0.1, 0.15) is 0 Å². The fraction of sp³-hybridized carbons (Fsp3) is 0.621. The summed E-state index contributed by atoms with van der Waals surface area (Å²) in [6.45, 7) is 26.4. The van der Waals surface area contributed by atoms with Crippen molar-refractivity contribution in [2.45, 2.75) is 97.8 Å². The average molecular weight is 499 g/mol. The van der Waals surface area contributed by atoms with Gasteiger partial charge in [-0.05, 0) is 48.6 Å². The van der Waals surface area contributed by atoms with Crippen LogP contribution < -0.4 is 0 Å². The summed E-state index contributed by atoms with van der Waals surface area (Å²) in [6.07, 6.45) is 1.05. The fourth-order valence-electron chi connectivity index (χ4n) is 3.97. The molecule has 0 aromatic heterocycles. The van der Waals surface area contributed by atoms with E-state index in [9.17, 15) is 4.79 Å². The smallest absolute Gasteiger partial charge is 0.192 e. The van der Waals surface area contributed by atoms with Crippen molar-refractivity contribution in [2.75, 3.05) is 0 Å². The van der Waals surface area contributed by atoms with Crippen LogP contribution in [0.4, 0.5) is 0 Å². The standard InChI is InChI=1S/C29H46O3Si2/c1-21-24(27(20-25(21)30)32-34(10,11)29(5,6)7)18-17-23(28(2,3)4)19-26(31-33(8)9)22-15-13-12-14-16-22/h12-16,23-24,26-27,33H,1,19-20H2,2-11H3/t23-,24+,26?,27+/m0/s1. The van der Waals surface area contributed by atoms with Crippen molar-refractivity contribution in [1.29, 1.82) is 0 Å². The van der Waals surface area contributed by atoms with Crippen LogP contribution in [0.2, 0.25) is 31.2 Å². The second-order valence-electron chi connectivity index (χ2n) is 12.6. The van der Waals surface area contributed by atoms with Crippen molar-refractivity contribution in [2.24, 2.45) is 17.3 Å². The molecule has 34 heavy (non-hydrogen) atoms. The third-order valence-electron chi connectivity index (χ3n) is 7.26. The third kappa shape index (κ3) is 7.52. The van der Waals surface area contributed by atoms with E-state index in [1.807, 2.05) is 6.07 Å². The number of ketones is 1. The lowest BCUT2D eigenvalue weighted by molar-refractivity contribution is -0.115. The highest BCUT2D eigenvalue weighted by molar-refractivity contribution is 6.74. The van der Waals surface area contributed by atoms with E-state index in [0.29, 0.717) is 12.0 Å². The molecule has 0 radical (unpaired) electrons. The van der Waals surface area contributed by atoms with E-state index in [4.69, 9.17) is 8.85 Å². The van der Waals surface area contributed by atoms with Crippen molar-refractivity contribution in [1.82, 2.24) is 0 Å². The maximum Gasteiger partial charge on any atom is 0.192 e. The molecule has 1 aliphatic carbocycles. The molecule has 1 aromatic rings. The maximum absolute atomic E-state index is 12.6. The molecule has 0 amide bonds. The van der Waals surface area contributed by atoms with Crippen LogP contribution in [0.15, 0.2) is 42.5 Å². The minimum atomic E-state index is -2.03. The van der Waals surface area contributed by atoms with Crippen LogP contribution in [0.1, 0.15) is 66.1 Å². The van der Waals surface area contributed by atoms with Gasteiger partial charge >= 0.3 is 0 Å². The number of carbonyl (C=O) groups is 1. The zero-order valence-corrected chi connectivity index (χ0v) is 25.3. The first-order chi connectivity index (χ1) is 15.5. The van der Waals surface area contributed by atoms with E-state index in [1.54, 1.807) is 0 Å². The van der Waals surface area contributed by atoms with E-state index in [-0.39, 0.29) is 40.3 Å². The molecule has 0 bridgehead atoms. The summed E-state index contributed by atoms with van der Waals surface area (Å²) in [5.41, 5.74) is 1.79. The molecule has 188 valence electrons. The van der Waals surface area contributed by atoms with Gasteiger partial charge in [0.05, 0.1) is 18.1 Å². The van der Waals surface area contributed by atoms with Crippen molar-refractivity contribution in [3.8, 4) is 11.8 Å². The molecule has 0 aliphatic heterocycles. The Morgan fingerprint density at radius 2 is 1.71 bits per heavy atom. The quantitative estimate of drug-likeness (QED) is 0.224. The van der Waals surface area contributed by atoms with E-state index in [2.05, 4.69) is 110 Å². The average Bonchev–Trinajstić information content (AvgIpc) is 2.95. The zero-order valence-electron chi connectivity index (χ0n) is 23.1. The summed E-state index contributed by atoms with van der Waals surface area (Å²) in [4.78, 5) is 12.6. The van der Waals surface area contributed by atoms with Crippen LogP contribution in [0.25, 0.3) is 0 Å². The summed E-state index contributed by atoms with van der Waals surface area (Å²) in [5, 5.41) is 0.0763. The van der Waals surface area contributed by atoms with Gasteiger partial charge in [0.2, 0.25) is 0 Å². The lowest BCUT2D eigenvalue weighted by atomic mass is 9.77. The van der Waals surface area contributed by atoms with Gasteiger partial charge in [-0.3, -0.25) is 4.79 Å². The van der Waals surface area contributed by atoms with Crippen molar-refractivity contribution in [3.63, 3.8) is 0 Å². The van der Waals surface area contributed by atoms with Crippen molar-refractivity contribution >= 4 is 23.1 Å². The number of hydrogen-bond acceptors (Lipinski definition) is 3. The van der Waals surface area contributed by atoms with Gasteiger partial charge in [-0.15, -0.1) is 0 Å². The Labute approximate surface area is 211 Å². The number of carbonyl (C=O) groups excluding carboxylic acids is 1. The zero-order chi connectivity index (χ0) is 25.9. The second kappa shape index (κ2) is 11.1. The fourth-order valence-corrected chi connectivity index (χ4v) is 6.23. The first-order valence-corrected chi connectivity index (χ1v) is 18.3. The largest absolute Gasteiger partial charge is 0.414 e. The van der Waals surface area contributed by atoms with E-state index in [1.165, 1.54) is 5.56 Å². The van der Waals surface area contributed by atoms with E-state index in [0.717, 1.165) is 6.42 Å². The molecule has 1 fully saturated rings. The molecule has 1 saturated carbocycles. The van der Waals surface area contributed by atoms with E-state index >= 15 is 0 Å². The van der Waals surface area contributed by atoms with Crippen LogP contribution in [-0.2, 0) is 13.6 Å². The van der Waals surface area contributed by atoms with Gasteiger partial charge in [0.15, 0.2) is 23.1 Å². The predicted octanol–water partition coefficient (Wildman–Crippen LogP) is 7.32.